The van der Waals surface area contributed by atoms with Gasteiger partial charge in [-0.05, 0) is 19.1 Å². The largest absolute Gasteiger partial charge is 0.357 e. The Morgan fingerprint density at radius 3 is 2.72 bits per heavy atom. The van der Waals surface area contributed by atoms with Gasteiger partial charge in [-0.2, -0.15) is 11.8 Å². The highest BCUT2D eigenvalue weighted by Gasteiger charge is 2.23. The van der Waals surface area contributed by atoms with Crippen molar-refractivity contribution < 1.29 is 8.42 Å². The monoisotopic (exact) mass is 424 g/mol. The van der Waals surface area contributed by atoms with Crippen molar-refractivity contribution >= 4 is 50.7 Å². The van der Waals surface area contributed by atoms with E-state index in [-0.39, 0.29) is 12.3 Å². The molecule has 1 aliphatic heterocycles. The highest BCUT2D eigenvalue weighted by molar-refractivity contribution is 7.99. The molecule has 142 valence electrons. The van der Waals surface area contributed by atoms with Crippen LogP contribution in [-0.4, -0.2) is 74.1 Å². The molecular weight excluding hydrogens is 400 g/mol. The second kappa shape index (κ2) is 10.0. The van der Waals surface area contributed by atoms with Gasteiger partial charge in [-0.25, -0.2) is 12.7 Å². The quantitative estimate of drug-likeness (QED) is 0.536. The molecule has 6 nitrogen and oxygen atoms in total. The summed E-state index contributed by atoms with van der Waals surface area (Å²) in [7, 11) is -1.29. The molecule has 0 aromatic carbocycles. The lowest BCUT2D eigenvalue weighted by molar-refractivity contribution is 0.443. The molecule has 0 spiro atoms. The van der Waals surface area contributed by atoms with Crippen LogP contribution in [0.1, 0.15) is 11.8 Å². The van der Waals surface area contributed by atoms with Crippen molar-refractivity contribution in [2.24, 2.45) is 4.99 Å². The van der Waals surface area contributed by atoms with Gasteiger partial charge in [0, 0.05) is 43.1 Å². The molecular formula is C15H25ClN4O2S3. The average Bonchev–Trinajstić information content (AvgIpc) is 2.99. The Hall–Kier alpha value is -0.480. The first-order valence-corrected chi connectivity index (χ1v) is 12.2. The van der Waals surface area contributed by atoms with Crippen LogP contribution in [0.4, 0.5) is 0 Å². The third kappa shape index (κ3) is 6.63. The van der Waals surface area contributed by atoms with Crippen LogP contribution in [-0.2, 0) is 16.6 Å². The van der Waals surface area contributed by atoms with Crippen molar-refractivity contribution in [3.8, 4) is 0 Å². The molecule has 25 heavy (non-hydrogen) atoms. The Bertz CT molecular complexity index is 672. The van der Waals surface area contributed by atoms with Gasteiger partial charge in [0.2, 0.25) is 10.0 Å². The molecule has 0 saturated carbocycles. The van der Waals surface area contributed by atoms with Gasteiger partial charge in [-0.15, -0.1) is 11.3 Å². The maximum Gasteiger partial charge on any atom is 0.215 e. The molecule has 0 unspecified atom stereocenters. The van der Waals surface area contributed by atoms with Gasteiger partial charge >= 0.3 is 0 Å². The lowest BCUT2D eigenvalue weighted by Gasteiger charge is -2.25. The Morgan fingerprint density at radius 1 is 1.40 bits per heavy atom. The Morgan fingerprint density at radius 2 is 2.12 bits per heavy atom. The second-order valence-corrected chi connectivity index (χ2v) is 10.7. The third-order valence-corrected chi connectivity index (χ3v) is 7.70. The van der Waals surface area contributed by atoms with Crippen LogP contribution in [0, 0.1) is 0 Å². The van der Waals surface area contributed by atoms with E-state index in [9.17, 15) is 8.42 Å². The Balaban J connectivity index is 1.93. The number of sulfonamides is 1. The van der Waals surface area contributed by atoms with Gasteiger partial charge in [0.05, 0.1) is 23.2 Å². The van der Waals surface area contributed by atoms with E-state index < -0.39 is 10.0 Å². The van der Waals surface area contributed by atoms with Crippen LogP contribution in [0.2, 0.25) is 4.34 Å². The molecule has 1 aliphatic rings. The molecule has 1 aromatic heterocycles. The van der Waals surface area contributed by atoms with Crippen LogP contribution >= 0.6 is 34.7 Å². The maximum atomic E-state index is 12.4. The number of aliphatic imine (C=N–C) groups is 1. The van der Waals surface area contributed by atoms with Gasteiger partial charge in [0.15, 0.2) is 5.96 Å². The van der Waals surface area contributed by atoms with E-state index in [0.29, 0.717) is 25.6 Å². The molecule has 0 amide bonds. The van der Waals surface area contributed by atoms with Gasteiger partial charge in [-0.1, -0.05) is 11.6 Å². The van der Waals surface area contributed by atoms with Gasteiger partial charge in [0.1, 0.15) is 0 Å². The van der Waals surface area contributed by atoms with Crippen molar-refractivity contribution in [2.75, 3.05) is 50.5 Å². The smallest absolute Gasteiger partial charge is 0.215 e. The molecule has 1 fully saturated rings. The van der Waals surface area contributed by atoms with E-state index in [1.165, 1.54) is 11.3 Å². The first-order valence-electron chi connectivity index (χ1n) is 8.21. The summed E-state index contributed by atoms with van der Waals surface area (Å²) < 4.78 is 27.1. The number of thioether (sulfide) groups is 1. The summed E-state index contributed by atoms with van der Waals surface area (Å²) in [6.45, 7) is 4.87. The van der Waals surface area contributed by atoms with E-state index in [4.69, 9.17) is 11.6 Å². The third-order valence-electron chi connectivity index (χ3n) is 3.69. The molecule has 1 aromatic rings. The van der Waals surface area contributed by atoms with Gasteiger partial charge < -0.3 is 10.2 Å². The zero-order valence-corrected chi connectivity index (χ0v) is 17.8. The van der Waals surface area contributed by atoms with Crippen molar-refractivity contribution in [3.63, 3.8) is 0 Å². The number of guanidine groups is 1. The predicted molar refractivity (Wildman–Crippen MR) is 109 cm³/mol. The Kier molecular flexibility index (Phi) is 8.34. The van der Waals surface area contributed by atoms with E-state index in [1.807, 2.05) is 31.0 Å². The number of halogens is 1. The molecule has 1 N–H and O–H groups in total. The average molecular weight is 425 g/mol. The molecule has 0 bridgehead atoms. The summed E-state index contributed by atoms with van der Waals surface area (Å²) >= 11 is 9.31. The fourth-order valence-electron chi connectivity index (χ4n) is 2.44. The minimum atomic E-state index is -3.22. The lowest BCUT2D eigenvalue weighted by Crippen LogP contribution is -2.41. The first kappa shape index (κ1) is 20.8. The number of nitrogens with one attached hydrogen (secondary N) is 1. The highest BCUT2D eigenvalue weighted by atomic mass is 35.5. The van der Waals surface area contributed by atoms with E-state index in [0.717, 1.165) is 27.3 Å². The van der Waals surface area contributed by atoms with Crippen molar-refractivity contribution in [1.29, 1.82) is 0 Å². The number of hydrogen-bond donors (Lipinski definition) is 1. The summed E-state index contributed by atoms with van der Waals surface area (Å²) in [5, 5.41) is 3.21. The Labute approximate surface area is 163 Å². The zero-order valence-electron chi connectivity index (χ0n) is 14.6. The van der Waals surface area contributed by atoms with Crippen LogP contribution in [0.3, 0.4) is 0 Å². The summed E-state index contributed by atoms with van der Waals surface area (Å²) in [4.78, 5) is 7.61. The standard InChI is InChI=1S/C15H25ClN4O2S3/c1-3-17-15(19(2)12-13-4-5-14(16)24-13)18-6-11-25(21,22)20-7-9-23-10-8-20/h4-5H,3,6-12H2,1-2H3,(H,17,18). The highest BCUT2D eigenvalue weighted by Crippen LogP contribution is 2.22. The number of hydrogen-bond acceptors (Lipinski definition) is 5. The zero-order chi connectivity index (χ0) is 18.3. The molecule has 1 saturated heterocycles. The molecule has 2 rings (SSSR count). The van der Waals surface area contributed by atoms with Crippen LogP contribution in [0.15, 0.2) is 17.1 Å². The van der Waals surface area contributed by atoms with Crippen molar-refractivity contribution in [2.45, 2.75) is 13.5 Å². The van der Waals surface area contributed by atoms with E-state index >= 15 is 0 Å². The van der Waals surface area contributed by atoms with E-state index in [2.05, 4.69) is 10.3 Å². The normalized spacial score (nSPS) is 16.8. The molecule has 10 heteroatoms. The number of thiophene rings is 1. The molecule has 0 radical (unpaired) electrons. The van der Waals surface area contributed by atoms with Gasteiger partial charge in [-0.3, -0.25) is 4.99 Å². The fraction of sp³-hybridized carbons (Fsp3) is 0.667. The minimum Gasteiger partial charge on any atom is -0.357 e. The lowest BCUT2D eigenvalue weighted by atomic mass is 10.4. The maximum absolute atomic E-state index is 12.4. The van der Waals surface area contributed by atoms with Crippen LogP contribution in [0.25, 0.3) is 0 Å². The van der Waals surface area contributed by atoms with Gasteiger partial charge in [0.25, 0.3) is 0 Å². The summed E-state index contributed by atoms with van der Waals surface area (Å²) in [5.41, 5.74) is 0. The van der Waals surface area contributed by atoms with E-state index in [1.54, 1.807) is 16.1 Å². The predicted octanol–water partition coefficient (Wildman–Crippen LogP) is 2.18. The van der Waals surface area contributed by atoms with Crippen LogP contribution in [0.5, 0.6) is 0 Å². The fourth-order valence-corrected chi connectivity index (χ4v) is 6.03. The number of rotatable bonds is 7. The van der Waals surface area contributed by atoms with Crippen molar-refractivity contribution in [1.82, 2.24) is 14.5 Å². The minimum absolute atomic E-state index is 0.0469. The SMILES string of the molecule is CCNC(=NCCS(=O)(=O)N1CCSCC1)N(C)Cc1ccc(Cl)s1. The summed E-state index contributed by atoms with van der Waals surface area (Å²) in [5.74, 6) is 2.50. The summed E-state index contributed by atoms with van der Waals surface area (Å²) in [6, 6.07) is 3.87. The number of nitrogens with zero attached hydrogens (tertiary/aromatic N) is 3. The summed E-state index contributed by atoms with van der Waals surface area (Å²) in [6.07, 6.45) is 0. The molecule has 2 heterocycles. The first-order chi connectivity index (χ1) is 11.9. The van der Waals surface area contributed by atoms with Crippen molar-refractivity contribution in [3.05, 3.63) is 21.3 Å². The molecule has 0 atom stereocenters. The molecule has 0 aliphatic carbocycles. The van der Waals surface area contributed by atoms with Crippen LogP contribution < -0.4 is 5.32 Å². The topological polar surface area (TPSA) is 65.0 Å². The second-order valence-electron chi connectivity index (χ2n) is 5.62.